The molecule has 1 atom stereocenters. The van der Waals surface area contributed by atoms with Crippen LogP contribution in [0, 0.1) is 5.92 Å². The maximum Gasteiger partial charge on any atom is 0.225 e. The molecule has 0 radical (unpaired) electrons. The third kappa shape index (κ3) is 4.03. The number of carbonyl (C=O) groups is 1. The van der Waals surface area contributed by atoms with Gasteiger partial charge in [-0.2, -0.15) is 5.10 Å². The van der Waals surface area contributed by atoms with Crippen molar-refractivity contribution in [2.75, 3.05) is 13.1 Å². The van der Waals surface area contributed by atoms with Crippen LogP contribution in [0.2, 0.25) is 0 Å². The van der Waals surface area contributed by atoms with Crippen molar-refractivity contribution in [2.45, 2.75) is 59.2 Å². The second-order valence-electron chi connectivity index (χ2n) is 6.31. The minimum atomic E-state index is 0.0192. The SMILES string of the molecule is CC(C)N(CCNC(=O)C1CCc2ncnn2C1)C(C)C. The van der Waals surface area contributed by atoms with E-state index in [1.165, 1.54) is 0 Å². The van der Waals surface area contributed by atoms with E-state index >= 15 is 0 Å². The Kier molecular flexibility index (Phi) is 5.33. The fourth-order valence-corrected chi connectivity index (χ4v) is 3.02. The van der Waals surface area contributed by atoms with Gasteiger partial charge in [-0.1, -0.05) is 0 Å². The predicted molar refractivity (Wildman–Crippen MR) is 81.8 cm³/mol. The zero-order valence-corrected chi connectivity index (χ0v) is 13.5. The van der Waals surface area contributed by atoms with Gasteiger partial charge in [-0.05, 0) is 34.1 Å². The number of amides is 1. The van der Waals surface area contributed by atoms with Crippen LogP contribution in [-0.4, -0.2) is 50.7 Å². The Morgan fingerprint density at radius 3 is 2.81 bits per heavy atom. The first-order chi connectivity index (χ1) is 9.99. The van der Waals surface area contributed by atoms with Gasteiger partial charge in [0.15, 0.2) is 0 Å². The molecular formula is C15H27N5O. The van der Waals surface area contributed by atoms with Crippen molar-refractivity contribution < 1.29 is 4.79 Å². The molecule has 21 heavy (non-hydrogen) atoms. The summed E-state index contributed by atoms with van der Waals surface area (Å²) in [6, 6.07) is 0.989. The lowest BCUT2D eigenvalue weighted by molar-refractivity contribution is -0.126. The van der Waals surface area contributed by atoms with Gasteiger partial charge in [-0.3, -0.25) is 9.69 Å². The van der Waals surface area contributed by atoms with Crippen LogP contribution in [0.3, 0.4) is 0 Å². The van der Waals surface area contributed by atoms with Gasteiger partial charge in [0.25, 0.3) is 0 Å². The molecule has 1 aliphatic heterocycles. The van der Waals surface area contributed by atoms with E-state index in [0.29, 0.717) is 25.2 Å². The largest absolute Gasteiger partial charge is 0.355 e. The summed E-state index contributed by atoms with van der Waals surface area (Å²) in [6.45, 7) is 11.0. The second-order valence-corrected chi connectivity index (χ2v) is 6.31. The van der Waals surface area contributed by atoms with Crippen molar-refractivity contribution in [1.82, 2.24) is 25.0 Å². The van der Waals surface area contributed by atoms with Crippen LogP contribution in [0.15, 0.2) is 6.33 Å². The summed E-state index contributed by atoms with van der Waals surface area (Å²) in [7, 11) is 0. The summed E-state index contributed by atoms with van der Waals surface area (Å²) in [5.74, 6) is 1.15. The highest BCUT2D eigenvalue weighted by Crippen LogP contribution is 2.17. The number of nitrogens with zero attached hydrogens (tertiary/aromatic N) is 4. The van der Waals surface area contributed by atoms with Gasteiger partial charge in [0.05, 0.1) is 12.5 Å². The number of carbonyl (C=O) groups excluding carboxylic acids is 1. The zero-order chi connectivity index (χ0) is 15.4. The van der Waals surface area contributed by atoms with Gasteiger partial charge in [0.1, 0.15) is 12.2 Å². The van der Waals surface area contributed by atoms with E-state index in [0.717, 1.165) is 25.2 Å². The Hall–Kier alpha value is -1.43. The number of hydrogen-bond acceptors (Lipinski definition) is 4. The highest BCUT2D eigenvalue weighted by molar-refractivity contribution is 5.78. The third-order valence-corrected chi connectivity index (χ3v) is 4.17. The Morgan fingerprint density at radius 1 is 1.43 bits per heavy atom. The van der Waals surface area contributed by atoms with Crippen molar-refractivity contribution in [2.24, 2.45) is 5.92 Å². The Bertz CT molecular complexity index is 460. The quantitative estimate of drug-likeness (QED) is 0.852. The summed E-state index contributed by atoms with van der Waals surface area (Å²) in [4.78, 5) is 18.8. The molecule has 6 nitrogen and oxygen atoms in total. The van der Waals surface area contributed by atoms with E-state index in [2.05, 4.69) is 48.0 Å². The molecule has 1 unspecified atom stereocenters. The van der Waals surface area contributed by atoms with Gasteiger partial charge in [0.2, 0.25) is 5.91 Å². The normalized spacial score (nSPS) is 18.3. The van der Waals surface area contributed by atoms with Crippen LogP contribution in [-0.2, 0) is 17.8 Å². The molecule has 1 amide bonds. The molecule has 2 rings (SSSR count). The molecule has 0 bridgehead atoms. The second kappa shape index (κ2) is 7.02. The minimum absolute atomic E-state index is 0.0192. The first kappa shape index (κ1) is 15.9. The van der Waals surface area contributed by atoms with E-state index < -0.39 is 0 Å². The fraction of sp³-hybridized carbons (Fsp3) is 0.800. The van der Waals surface area contributed by atoms with E-state index in [1.807, 2.05) is 4.68 Å². The topological polar surface area (TPSA) is 63.1 Å². The van der Waals surface area contributed by atoms with Gasteiger partial charge >= 0.3 is 0 Å². The lowest BCUT2D eigenvalue weighted by atomic mass is 9.99. The summed E-state index contributed by atoms with van der Waals surface area (Å²) in [5, 5.41) is 7.24. The number of aromatic nitrogens is 3. The Morgan fingerprint density at radius 2 is 2.14 bits per heavy atom. The average Bonchev–Trinajstić information content (AvgIpc) is 2.89. The molecular weight excluding hydrogens is 266 g/mol. The van der Waals surface area contributed by atoms with Gasteiger partial charge in [-0.15, -0.1) is 0 Å². The molecule has 1 aromatic rings. The third-order valence-electron chi connectivity index (χ3n) is 4.17. The molecule has 1 N–H and O–H groups in total. The van der Waals surface area contributed by atoms with Crippen LogP contribution < -0.4 is 5.32 Å². The molecule has 0 saturated carbocycles. The van der Waals surface area contributed by atoms with Crippen molar-refractivity contribution in [3.63, 3.8) is 0 Å². The van der Waals surface area contributed by atoms with Crippen LogP contribution >= 0.6 is 0 Å². The number of nitrogens with one attached hydrogen (secondary N) is 1. The van der Waals surface area contributed by atoms with Crippen molar-refractivity contribution in [3.8, 4) is 0 Å². The lowest BCUT2D eigenvalue weighted by Crippen LogP contribution is -2.44. The average molecular weight is 293 g/mol. The van der Waals surface area contributed by atoms with E-state index in [-0.39, 0.29) is 11.8 Å². The summed E-state index contributed by atoms with van der Waals surface area (Å²) < 4.78 is 1.85. The number of fused-ring (bicyclic) bond motifs is 1. The van der Waals surface area contributed by atoms with Crippen molar-refractivity contribution in [3.05, 3.63) is 12.2 Å². The van der Waals surface area contributed by atoms with Crippen molar-refractivity contribution in [1.29, 1.82) is 0 Å². The predicted octanol–water partition coefficient (Wildman–Crippen LogP) is 1.08. The first-order valence-corrected chi connectivity index (χ1v) is 7.89. The van der Waals surface area contributed by atoms with Crippen molar-refractivity contribution >= 4 is 5.91 Å². The van der Waals surface area contributed by atoms with Gasteiger partial charge in [0, 0.05) is 31.6 Å². The summed E-state index contributed by atoms with van der Waals surface area (Å²) in [6.07, 6.45) is 3.27. The highest BCUT2D eigenvalue weighted by Gasteiger charge is 2.25. The number of hydrogen-bond donors (Lipinski definition) is 1. The number of aryl methyl sites for hydroxylation is 1. The fourth-order valence-electron chi connectivity index (χ4n) is 3.02. The van der Waals surface area contributed by atoms with Gasteiger partial charge in [-0.25, -0.2) is 9.67 Å². The molecule has 0 fully saturated rings. The van der Waals surface area contributed by atoms with Crippen LogP contribution in [0.1, 0.15) is 39.9 Å². The van der Waals surface area contributed by atoms with Gasteiger partial charge < -0.3 is 5.32 Å². The maximum atomic E-state index is 12.3. The number of rotatable bonds is 6. The molecule has 118 valence electrons. The molecule has 0 spiro atoms. The molecule has 2 heterocycles. The van der Waals surface area contributed by atoms with E-state index in [4.69, 9.17) is 0 Å². The lowest BCUT2D eigenvalue weighted by Gasteiger charge is -2.30. The van der Waals surface area contributed by atoms with Crippen LogP contribution in [0.5, 0.6) is 0 Å². The first-order valence-electron chi connectivity index (χ1n) is 7.89. The monoisotopic (exact) mass is 293 g/mol. The Labute approximate surface area is 126 Å². The smallest absolute Gasteiger partial charge is 0.225 e. The van der Waals surface area contributed by atoms with E-state index in [9.17, 15) is 4.79 Å². The van der Waals surface area contributed by atoms with Crippen LogP contribution in [0.25, 0.3) is 0 Å². The van der Waals surface area contributed by atoms with E-state index in [1.54, 1.807) is 6.33 Å². The molecule has 0 saturated heterocycles. The molecule has 0 aromatic carbocycles. The summed E-state index contributed by atoms with van der Waals surface area (Å²) >= 11 is 0. The molecule has 0 aliphatic carbocycles. The summed E-state index contributed by atoms with van der Waals surface area (Å²) in [5.41, 5.74) is 0. The molecule has 1 aliphatic rings. The van der Waals surface area contributed by atoms with Crippen LogP contribution in [0.4, 0.5) is 0 Å². The minimum Gasteiger partial charge on any atom is -0.355 e. The molecule has 6 heteroatoms. The standard InChI is InChI=1S/C15H27N5O/c1-11(2)19(12(3)4)8-7-16-15(21)13-5-6-14-17-10-18-20(14)9-13/h10-13H,5-9H2,1-4H3,(H,16,21). The maximum absolute atomic E-state index is 12.3. The molecule has 1 aromatic heterocycles. The Balaban J connectivity index is 1.78. The zero-order valence-electron chi connectivity index (χ0n) is 13.5. The highest BCUT2D eigenvalue weighted by atomic mass is 16.1.